The number of fused-ring (bicyclic) bond motifs is 1. The molecule has 5 nitrogen and oxygen atoms in total. The van der Waals surface area contributed by atoms with Crippen LogP contribution >= 0.6 is 11.6 Å². The Balaban J connectivity index is 1.87. The van der Waals surface area contributed by atoms with Gasteiger partial charge in [-0.15, -0.1) is 0 Å². The lowest BCUT2D eigenvalue weighted by atomic mass is 9.75. The second kappa shape index (κ2) is 6.68. The minimum atomic E-state index is -1.23. The molecule has 0 fully saturated rings. The molecule has 144 valence electrons. The Morgan fingerprint density at radius 3 is 2.75 bits per heavy atom. The van der Waals surface area contributed by atoms with Crippen LogP contribution in [0.3, 0.4) is 0 Å². The smallest absolute Gasteiger partial charge is 0.254 e. The minimum Gasteiger partial charge on any atom is -0.289 e. The number of benzene rings is 2. The first kappa shape index (κ1) is 18.6. The van der Waals surface area contributed by atoms with Gasteiger partial charge in [0.15, 0.2) is 5.82 Å². The molecule has 0 aliphatic heterocycles. The van der Waals surface area contributed by atoms with Gasteiger partial charge >= 0.3 is 0 Å². The lowest BCUT2D eigenvalue weighted by molar-refractivity contribution is -0.135. The summed E-state index contributed by atoms with van der Waals surface area (Å²) >= 11 is 5.89. The summed E-state index contributed by atoms with van der Waals surface area (Å²) in [5.41, 5.74) is 2.75. The van der Waals surface area contributed by atoms with Gasteiger partial charge in [0.2, 0.25) is 0 Å². The molecule has 1 aliphatic carbocycles. The van der Waals surface area contributed by atoms with Gasteiger partial charge in [-0.05, 0) is 48.2 Å². The van der Waals surface area contributed by atoms with Gasteiger partial charge < -0.3 is 0 Å². The molecule has 0 bridgehead atoms. The zero-order chi connectivity index (χ0) is 20.1. The van der Waals surface area contributed by atoms with E-state index in [1.807, 2.05) is 0 Å². The highest BCUT2D eigenvalue weighted by Crippen LogP contribution is 2.42. The van der Waals surface area contributed by atoms with Crippen molar-refractivity contribution >= 4 is 17.5 Å². The van der Waals surface area contributed by atoms with E-state index in [1.165, 1.54) is 28.9 Å². The number of hydrogen-bond donors (Lipinski definition) is 2. The SMILES string of the molecule is Cc1c(F)cccc1C1(C(=O)NO)Cc2cnn(-c3cccc(Cl)c3F)c2C1. The Kier molecular flexibility index (Phi) is 4.44. The number of hydroxylamine groups is 1. The lowest BCUT2D eigenvalue weighted by Gasteiger charge is -2.29. The number of hydrogen-bond acceptors (Lipinski definition) is 3. The molecule has 2 N–H and O–H groups in total. The molecule has 0 saturated heterocycles. The number of rotatable bonds is 3. The fraction of sp³-hybridized carbons (Fsp3) is 0.200. The third-order valence-electron chi connectivity index (χ3n) is 5.40. The molecule has 3 aromatic rings. The molecule has 0 spiro atoms. The van der Waals surface area contributed by atoms with Crippen molar-refractivity contribution < 1.29 is 18.8 Å². The zero-order valence-corrected chi connectivity index (χ0v) is 15.6. The highest BCUT2D eigenvalue weighted by atomic mass is 35.5. The van der Waals surface area contributed by atoms with Crippen molar-refractivity contribution in [2.75, 3.05) is 0 Å². The molecular formula is C20H16ClF2N3O2. The Morgan fingerprint density at radius 2 is 2.00 bits per heavy atom. The zero-order valence-electron chi connectivity index (χ0n) is 14.8. The van der Waals surface area contributed by atoms with E-state index in [2.05, 4.69) is 5.10 Å². The van der Waals surface area contributed by atoms with E-state index < -0.39 is 23.0 Å². The lowest BCUT2D eigenvalue weighted by Crippen LogP contribution is -2.45. The first-order valence-corrected chi connectivity index (χ1v) is 8.97. The van der Waals surface area contributed by atoms with Crippen LogP contribution < -0.4 is 5.48 Å². The van der Waals surface area contributed by atoms with Gasteiger partial charge in [-0.2, -0.15) is 5.10 Å². The van der Waals surface area contributed by atoms with E-state index in [0.717, 1.165) is 0 Å². The van der Waals surface area contributed by atoms with Crippen molar-refractivity contribution in [3.8, 4) is 5.69 Å². The van der Waals surface area contributed by atoms with Crippen molar-refractivity contribution in [2.24, 2.45) is 0 Å². The highest BCUT2D eigenvalue weighted by Gasteiger charge is 2.48. The van der Waals surface area contributed by atoms with Gasteiger partial charge in [0.25, 0.3) is 5.91 Å². The minimum absolute atomic E-state index is 0.0416. The molecule has 8 heteroatoms. The number of carbonyl (C=O) groups is 1. The predicted molar refractivity (Wildman–Crippen MR) is 98.7 cm³/mol. The molecule has 2 aromatic carbocycles. The number of carbonyl (C=O) groups excluding carboxylic acids is 1. The molecule has 0 radical (unpaired) electrons. The van der Waals surface area contributed by atoms with E-state index in [0.29, 0.717) is 22.4 Å². The summed E-state index contributed by atoms with van der Waals surface area (Å²) in [4.78, 5) is 12.7. The third-order valence-corrected chi connectivity index (χ3v) is 5.69. The number of nitrogens with zero attached hydrogens (tertiary/aromatic N) is 2. The Bertz CT molecular complexity index is 1100. The topological polar surface area (TPSA) is 67.2 Å². The molecule has 1 amide bonds. The maximum atomic E-state index is 14.5. The van der Waals surface area contributed by atoms with Crippen LogP contribution in [0.15, 0.2) is 42.6 Å². The molecule has 1 heterocycles. The average molecular weight is 404 g/mol. The maximum Gasteiger partial charge on any atom is 0.254 e. The number of amides is 1. The standard InChI is InChI=1S/C20H16ClF2N3O2/c1-11-13(4-2-6-15(11)22)20(19(27)25-28)8-12-10-24-26(17(12)9-20)16-7-3-5-14(21)18(16)23/h2-7,10,28H,8-9H2,1H3,(H,25,27). The fourth-order valence-electron chi connectivity index (χ4n) is 3.99. The van der Waals surface area contributed by atoms with E-state index >= 15 is 0 Å². The largest absolute Gasteiger partial charge is 0.289 e. The van der Waals surface area contributed by atoms with Crippen LogP contribution in [-0.2, 0) is 23.1 Å². The van der Waals surface area contributed by atoms with Crippen LogP contribution in [0.1, 0.15) is 22.4 Å². The van der Waals surface area contributed by atoms with E-state index in [1.54, 1.807) is 30.7 Å². The molecule has 1 atom stereocenters. The summed E-state index contributed by atoms with van der Waals surface area (Å²) in [6, 6.07) is 9.08. The van der Waals surface area contributed by atoms with Gasteiger partial charge in [-0.1, -0.05) is 29.8 Å². The molecule has 1 aliphatic rings. The summed E-state index contributed by atoms with van der Waals surface area (Å²) in [5.74, 6) is -1.72. The van der Waals surface area contributed by atoms with Gasteiger partial charge in [-0.25, -0.2) is 18.9 Å². The number of nitrogens with one attached hydrogen (secondary N) is 1. The van der Waals surface area contributed by atoms with Crippen LogP contribution in [0.2, 0.25) is 5.02 Å². The van der Waals surface area contributed by atoms with Gasteiger partial charge in [0, 0.05) is 12.1 Å². The highest BCUT2D eigenvalue weighted by molar-refractivity contribution is 6.30. The molecule has 1 unspecified atom stereocenters. The first-order valence-electron chi connectivity index (χ1n) is 8.59. The van der Waals surface area contributed by atoms with E-state index in [9.17, 15) is 18.8 Å². The Morgan fingerprint density at radius 1 is 1.25 bits per heavy atom. The van der Waals surface area contributed by atoms with Crippen LogP contribution in [-0.4, -0.2) is 20.9 Å². The second-order valence-electron chi connectivity index (χ2n) is 6.89. The summed E-state index contributed by atoms with van der Waals surface area (Å²) in [6.45, 7) is 1.59. The quantitative estimate of drug-likeness (QED) is 0.518. The predicted octanol–water partition coefficient (Wildman–Crippen LogP) is 3.65. The van der Waals surface area contributed by atoms with E-state index in [4.69, 9.17) is 11.6 Å². The first-order chi connectivity index (χ1) is 13.4. The average Bonchev–Trinajstić information content (AvgIpc) is 3.24. The van der Waals surface area contributed by atoms with Crippen molar-refractivity contribution in [1.82, 2.24) is 15.3 Å². The number of halogens is 3. The second-order valence-corrected chi connectivity index (χ2v) is 7.30. The summed E-state index contributed by atoms with van der Waals surface area (Å²) in [7, 11) is 0. The van der Waals surface area contributed by atoms with Gasteiger partial charge in [0.1, 0.15) is 11.5 Å². The molecule has 1 aromatic heterocycles. The summed E-state index contributed by atoms with van der Waals surface area (Å²) in [5, 5.41) is 13.6. The third kappa shape index (κ3) is 2.62. The molecule has 4 rings (SSSR count). The Hall–Kier alpha value is -2.77. The van der Waals surface area contributed by atoms with Crippen LogP contribution in [0.4, 0.5) is 8.78 Å². The summed E-state index contributed by atoms with van der Waals surface area (Å²) < 4.78 is 30.1. The van der Waals surface area contributed by atoms with Crippen molar-refractivity contribution in [1.29, 1.82) is 0 Å². The molecule has 28 heavy (non-hydrogen) atoms. The van der Waals surface area contributed by atoms with Crippen molar-refractivity contribution in [3.63, 3.8) is 0 Å². The van der Waals surface area contributed by atoms with Crippen molar-refractivity contribution in [3.05, 3.63) is 81.6 Å². The normalized spacial score (nSPS) is 18.2. The van der Waals surface area contributed by atoms with Crippen LogP contribution in [0.5, 0.6) is 0 Å². The molecular weight excluding hydrogens is 388 g/mol. The monoisotopic (exact) mass is 403 g/mol. The molecule has 0 saturated carbocycles. The van der Waals surface area contributed by atoms with E-state index in [-0.39, 0.29) is 23.6 Å². The number of aromatic nitrogens is 2. The summed E-state index contributed by atoms with van der Waals surface area (Å²) in [6.07, 6.45) is 1.86. The fourth-order valence-corrected chi connectivity index (χ4v) is 4.16. The van der Waals surface area contributed by atoms with Crippen molar-refractivity contribution in [2.45, 2.75) is 25.2 Å². The van der Waals surface area contributed by atoms with Crippen LogP contribution in [0.25, 0.3) is 5.69 Å². The van der Waals surface area contributed by atoms with Gasteiger partial charge in [-0.3, -0.25) is 10.0 Å². The van der Waals surface area contributed by atoms with Gasteiger partial charge in [0.05, 0.1) is 16.6 Å². The van der Waals surface area contributed by atoms with Crippen LogP contribution in [0, 0.1) is 18.6 Å². The Labute approximate surface area is 164 Å². The maximum absolute atomic E-state index is 14.5.